The molecule has 1 amide bonds. The molecule has 3 nitrogen and oxygen atoms in total. The number of hydrogen-bond acceptors (Lipinski definition) is 2. The van der Waals surface area contributed by atoms with E-state index < -0.39 is 0 Å². The van der Waals surface area contributed by atoms with Gasteiger partial charge in [0.15, 0.2) is 0 Å². The number of carbonyl (C=O) groups excluding carboxylic acids is 1. The van der Waals surface area contributed by atoms with E-state index in [1.54, 1.807) is 0 Å². The normalized spacial score (nSPS) is 35.9. The fourth-order valence-electron chi connectivity index (χ4n) is 3.88. The van der Waals surface area contributed by atoms with Gasteiger partial charge in [0, 0.05) is 30.6 Å². The molecule has 17 heavy (non-hydrogen) atoms. The van der Waals surface area contributed by atoms with Crippen molar-refractivity contribution < 1.29 is 4.79 Å². The zero-order valence-electron chi connectivity index (χ0n) is 10.9. The van der Waals surface area contributed by atoms with E-state index in [0.29, 0.717) is 18.0 Å². The molecule has 0 aromatic carbocycles. The van der Waals surface area contributed by atoms with E-state index in [-0.39, 0.29) is 5.41 Å². The summed E-state index contributed by atoms with van der Waals surface area (Å²) in [5.41, 5.74) is -0.0381. The second-order valence-corrected chi connectivity index (χ2v) is 6.45. The van der Waals surface area contributed by atoms with Crippen molar-refractivity contribution in [3.8, 4) is 0 Å². The summed E-state index contributed by atoms with van der Waals surface area (Å²) in [6, 6.07) is 1.24. The smallest absolute Gasteiger partial charge is 0.228 e. The van der Waals surface area contributed by atoms with Crippen LogP contribution in [-0.4, -0.2) is 36.0 Å². The summed E-state index contributed by atoms with van der Waals surface area (Å²) in [5, 5.41) is 3.65. The molecule has 0 radical (unpaired) electrons. The minimum atomic E-state index is -0.0381. The summed E-state index contributed by atoms with van der Waals surface area (Å²) in [6.07, 6.45) is 8.39. The molecule has 2 aliphatic heterocycles. The van der Waals surface area contributed by atoms with Crippen LogP contribution in [0.5, 0.6) is 0 Å². The third-order valence-corrected chi connectivity index (χ3v) is 5.03. The highest BCUT2D eigenvalue weighted by Crippen LogP contribution is 2.39. The highest BCUT2D eigenvalue weighted by molar-refractivity contribution is 5.82. The number of carbonyl (C=O) groups is 1. The van der Waals surface area contributed by atoms with Gasteiger partial charge in [-0.15, -0.1) is 0 Å². The topological polar surface area (TPSA) is 32.3 Å². The molecule has 2 heterocycles. The standard InChI is InChI=1S/C14H24N2O/c1-14(7-2-3-8-14)13(17)16-9-6-11-4-5-12(10-16)15-11/h11-12,15H,2-10H2,1H3. The highest BCUT2D eigenvalue weighted by Gasteiger charge is 2.41. The second kappa shape index (κ2) is 4.27. The number of rotatable bonds is 1. The van der Waals surface area contributed by atoms with Gasteiger partial charge >= 0.3 is 0 Å². The van der Waals surface area contributed by atoms with Crippen LogP contribution < -0.4 is 5.32 Å². The van der Waals surface area contributed by atoms with Crippen LogP contribution in [-0.2, 0) is 4.79 Å². The zero-order valence-corrected chi connectivity index (χ0v) is 10.9. The first-order valence-electron chi connectivity index (χ1n) is 7.23. The molecule has 0 aromatic rings. The van der Waals surface area contributed by atoms with E-state index in [2.05, 4.69) is 17.1 Å². The first-order chi connectivity index (χ1) is 8.17. The summed E-state index contributed by atoms with van der Waals surface area (Å²) < 4.78 is 0. The molecular weight excluding hydrogens is 212 g/mol. The van der Waals surface area contributed by atoms with Crippen LogP contribution in [0.4, 0.5) is 0 Å². The van der Waals surface area contributed by atoms with Crippen LogP contribution in [0.3, 0.4) is 0 Å². The van der Waals surface area contributed by atoms with E-state index in [1.807, 2.05) is 0 Å². The van der Waals surface area contributed by atoms with Gasteiger partial charge in [0.1, 0.15) is 0 Å². The quantitative estimate of drug-likeness (QED) is 0.754. The second-order valence-electron chi connectivity index (χ2n) is 6.45. The number of amides is 1. The molecule has 2 bridgehead atoms. The molecule has 2 atom stereocenters. The van der Waals surface area contributed by atoms with Crippen LogP contribution in [0, 0.1) is 5.41 Å². The Kier molecular flexibility index (Phi) is 2.89. The van der Waals surface area contributed by atoms with Gasteiger partial charge in [-0.3, -0.25) is 4.79 Å². The predicted octanol–water partition coefficient (Wildman–Crippen LogP) is 1.92. The van der Waals surface area contributed by atoms with Crippen molar-refractivity contribution in [1.29, 1.82) is 0 Å². The van der Waals surface area contributed by atoms with Crippen LogP contribution in [0.15, 0.2) is 0 Å². The van der Waals surface area contributed by atoms with Crippen LogP contribution in [0.2, 0.25) is 0 Å². The van der Waals surface area contributed by atoms with Gasteiger partial charge < -0.3 is 10.2 Å². The highest BCUT2D eigenvalue weighted by atomic mass is 16.2. The Morgan fingerprint density at radius 2 is 1.88 bits per heavy atom. The SMILES string of the molecule is CC1(C(=O)N2CCC3CCC(C2)N3)CCCC1. The summed E-state index contributed by atoms with van der Waals surface area (Å²) in [5.74, 6) is 0.435. The van der Waals surface area contributed by atoms with E-state index in [9.17, 15) is 4.79 Å². The molecule has 3 heteroatoms. The van der Waals surface area contributed by atoms with Crippen molar-refractivity contribution in [2.75, 3.05) is 13.1 Å². The number of nitrogens with zero attached hydrogens (tertiary/aromatic N) is 1. The molecule has 3 rings (SSSR count). The van der Waals surface area contributed by atoms with Crippen molar-refractivity contribution in [2.24, 2.45) is 5.41 Å². The van der Waals surface area contributed by atoms with E-state index in [4.69, 9.17) is 0 Å². The first kappa shape index (κ1) is 11.5. The molecule has 2 unspecified atom stereocenters. The predicted molar refractivity (Wildman–Crippen MR) is 67.7 cm³/mol. The molecule has 3 aliphatic rings. The molecule has 0 spiro atoms. The number of nitrogens with one attached hydrogen (secondary N) is 1. The van der Waals surface area contributed by atoms with Gasteiger partial charge in [0.2, 0.25) is 5.91 Å². The van der Waals surface area contributed by atoms with Crippen molar-refractivity contribution >= 4 is 5.91 Å². The number of fused-ring (bicyclic) bond motifs is 2. The fraction of sp³-hybridized carbons (Fsp3) is 0.929. The Morgan fingerprint density at radius 1 is 1.18 bits per heavy atom. The van der Waals surface area contributed by atoms with Crippen LogP contribution >= 0.6 is 0 Å². The van der Waals surface area contributed by atoms with Gasteiger partial charge in [-0.25, -0.2) is 0 Å². The van der Waals surface area contributed by atoms with Crippen molar-refractivity contribution in [1.82, 2.24) is 10.2 Å². The monoisotopic (exact) mass is 236 g/mol. The van der Waals surface area contributed by atoms with Crippen LogP contribution in [0.1, 0.15) is 51.9 Å². The third-order valence-electron chi connectivity index (χ3n) is 5.03. The third kappa shape index (κ3) is 2.10. The Hall–Kier alpha value is -0.570. The maximum absolute atomic E-state index is 12.6. The van der Waals surface area contributed by atoms with E-state index in [1.165, 1.54) is 25.7 Å². The number of hydrogen-bond donors (Lipinski definition) is 1. The Balaban J connectivity index is 1.69. The van der Waals surface area contributed by atoms with Crippen molar-refractivity contribution in [2.45, 2.75) is 64.0 Å². The van der Waals surface area contributed by atoms with Gasteiger partial charge in [-0.05, 0) is 32.1 Å². The van der Waals surface area contributed by atoms with Gasteiger partial charge in [0.25, 0.3) is 0 Å². The lowest BCUT2D eigenvalue weighted by Gasteiger charge is -2.32. The molecule has 3 fully saturated rings. The molecule has 1 aliphatic carbocycles. The molecule has 2 saturated heterocycles. The van der Waals surface area contributed by atoms with Crippen molar-refractivity contribution in [3.63, 3.8) is 0 Å². The van der Waals surface area contributed by atoms with Gasteiger partial charge in [0.05, 0.1) is 0 Å². The largest absolute Gasteiger partial charge is 0.341 e. The van der Waals surface area contributed by atoms with Gasteiger partial charge in [-0.1, -0.05) is 19.8 Å². The average Bonchev–Trinajstić information content (AvgIpc) is 2.86. The lowest BCUT2D eigenvalue weighted by Crippen LogP contribution is -2.45. The van der Waals surface area contributed by atoms with Gasteiger partial charge in [-0.2, -0.15) is 0 Å². The fourth-order valence-corrected chi connectivity index (χ4v) is 3.88. The lowest BCUT2D eigenvalue weighted by atomic mass is 9.86. The molecule has 1 saturated carbocycles. The summed E-state index contributed by atoms with van der Waals surface area (Å²) >= 11 is 0. The maximum atomic E-state index is 12.6. The Labute approximate surface area is 104 Å². The summed E-state index contributed by atoms with van der Waals surface area (Å²) in [6.45, 7) is 4.10. The number of likely N-dealkylation sites (tertiary alicyclic amines) is 1. The van der Waals surface area contributed by atoms with E-state index in [0.717, 1.165) is 32.4 Å². The maximum Gasteiger partial charge on any atom is 0.228 e. The Bertz CT molecular complexity index is 309. The summed E-state index contributed by atoms with van der Waals surface area (Å²) in [4.78, 5) is 14.8. The molecule has 0 aromatic heterocycles. The Morgan fingerprint density at radius 3 is 2.65 bits per heavy atom. The minimum Gasteiger partial charge on any atom is -0.341 e. The summed E-state index contributed by atoms with van der Waals surface area (Å²) in [7, 11) is 0. The van der Waals surface area contributed by atoms with Crippen molar-refractivity contribution in [3.05, 3.63) is 0 Å². The zero-order chi connectivity index (χ0) is 11.9. The molecular formula is C14H24N2O. The van der Waals surface area contributed by atoms with E-state index >= 15 is 0 Å². The molecule has 1 N–H and O–H groups in total. The van der Waals surface area contributed by atoms with Crippen LogP contribution in [0.25, 0.3) is 0 Å². The minimum absolute atomic E-state index is 0.0381. The lowest BCUT2D eigenvalue weighted by molar-refractivity contribution is -0.141. The molecule has 96 valence electrons. The average molecular weight is 236 g/mol. The first-order valence-corrected chi connectivity index (χ1v) is 7.23.